The third-order valence-corrected chi connectivity index (χ3v) is 5.72. The first-order chi connectivity index (χ1) is 13.8. The highest BCUT2D eigenvalue weighted by atomic mass is 32.1. The monoisotopic (exact) mass is 440 g/mol. The lowest BCUT2D eigenvalue weighted by Crippen LogP contribution is -2.22. The Morgan fingerprint density at radius 2 is 1.86 bits per heavy atom. The Hall–Kier alpha value is -2.92. The number of carbonyl (C=O) groups excluding carboxylic acids is 2. The molecule has 6 nitrogen and oxygen atoms in total. The highest BCUT2D eigenvalue weighted by Crippen LogP contribution is 2.38. The fraction of sp³-hybridized carbons (Fsp3) is 0.167. The summed E-state index contributed by atoms with van der Waals surface area (Å²) in [6.45, 7) is 0.747. The number of ether oxygens (including phenoxy) is 2. The Morgan fingerprint density at radius 3 is 2.55 bits per heavy atom. The second kappa shape index (κ2) is 7.48. The Labute approximate surface area is 169 Å². The SMILES string of the molecule is O=C(Nc1nc(-c2cccs2)c(C(=O)C(F)(F)F)s1)c1ccc2c(c1)OCCO2. The molecule has 1 amide bonds. The zero-order valence-corrected chi connectivity index (χ0v) is 16.0. The Bertz CT molecular complexity index is 1080. The van der Waals surface area contributed by atoms with Crippen LogP contribution < -0.4 is 14.8 Å². The number of halogens is 3. The summed E-state index contributed by atoms with van der Waals surface area (Å²) in [5, 5.41) is 4.00. The number of fused-ring (bicyclic) bond motifs is 1. The maximum absolute atomic E-state index is 13.0. The van der Waals surface area contributed by atoms with Gasteiger partial charge in [0, 0.05) is 5.56 Å². The van der Waals surface area contributed by atoms with E-state index in [1.807, 2.05) is 0 Å². The number of nitrogens with one attached hydrogen (secondary N) is 1. The minimum atomic E-state index is -5.05. The Balaban J connectivity index is 1.63. The first kappa shape index (κ1) is 19.4. The summed E-state index contributed by atoms with van der Waals surface area (Å²) < 4.78 is 49.7. The molecule has 1 N–H and O–H groups in total. The summed E-state index contributed by atoms with van der Waals surface area (Å²) >= 11 is 1.63. The normalized spacial score (nSPS) is 13.2. The molecule has 150 valence electrons. The number of carbonyl (C=O) groups is 2. The second-order valence-corrected chi connectivity index (χ2v) is 7.76. The maximum atomic E-state index is 13.0. The summed E-state index contributed by atoms with van der Waals surface area (Å²) in [4.78, 5) is 28.2. The number of thiazole rings is 1. The molecule has 0 aliphatic carbocycles. The topological polar surface area (TPSA) is 77.5 Å². The van der Waals surface area contributed by atoms with Gasteiger partial charge in [-0.15, -0.1) is 11.3 Å². The summed E-state index contributed by atoms with van der Waals surface area (Å²) in [6, 6.07) is 7.73. The molecule has 11 heteroatoms. The van der Waals surface area contributed by atoms with Crippen LogP contribution in [0.4, 0.5) is 18.3 Å². The van der Waals surface area contributed by atoms with E-state index in [4.69, 9.17) is 9.47 Å². The van der Waals surface area contributed by atoms with E-state index in [-0.39, 0.29) is 16.4 Å². The van der Waals surface area contributed by atoms with Gasteiger partial charge in [-0.25, -0.2) is 4.98 Å². The van der Waals surface area contributed by atoms with Crippen molar-refractivity contribution in [2.24, 2.45) is 0 Å². The predicted molar refractivity (Wildman–Crippen MR) is 101 cm³/mol. The van der Waals surface area contributed by atoms with Crippen LogP contribution in [-0.4, -0.2) is 36.1 Å². The second-order valence-electron chi connectivity index (χ2n) is 5.81. The zero-order chi connectivity index (χ0) is 20.6. The summed E-state index contributed by atoms with van der Waals surface area (Å²) in [5.74, 6) is -1.70. The lowest BCUT2D eigenvalue weighted by molar-refractivity contribution is -0.0882. The van der Waals surface area contributed by atoms with Crippen molar-refractivity contribution < 1.29 is 32.2 Å². The zero-order valence-electron chi connectivity index (χ0n) is 14.4. The van der Waals surface area contributed by atoms with Crippen LogP contribution in [0.3, 0.4) is 0 Å². The number of nitrogens with zero attached hydrogens (tertiary/aromatic N) is 1. The standard InChI is InChI=1S/C18H11F3N2O4S2/c19-18(20,21)15(24)14-13(12-2-1-7-28-12)22-17(29-14)23-16(25)9-3-4-10-11(8-9)27-6-5-26-10/h1-4,7-8H,5-6H2,(H,22,23,25). The number of thiophene rings is 1. The van der Waals surface area contributed by atoms with Crippen LogP contribution in [0.25, 0.3) is 10.6 Å². The molecule has 0 spiro atoms. The van der Waals surface area contributed by atoms with Gasteiger partial charge in [0.25, 0.3) is 11.7 Å². The van der Waals surface area contributed by atoms with Crippen LogP contribution in [0.1, 0.15) is 20.0 Å². The predicted octanol–water partition coefficient (Wildman–Crippen LogP) is 4.64. The van der Waals surface area contributed by atoms with E-state index in [1.165, 1.54) is 12.1 Å². The third-order valence-electron chi connectivity index (χ3n) is 3.87. The number of anilines is 1. The van der Waals surface area contributed by atoms with Gasteiger partial charge in [-0.2, -0.15) is 13.2 Å². The molecule has 3 heterocycles. The molecule has 0 bridgehead atoms. The van der Waals surface area contributed by atoms with E-state index >= 15 is 0 Å². The molecule has 0 radical (unpaired) electrons. The number of hydrogen-bond donors (Lipinski definition) is 1. The largest absolute Gasteiger partial charge is 0.486 e. The van der Waals surface area contributed by atoms with E-state index in [0.29, 0.717) is 40.9 Å². The molecule has 1 aliphatic heterocycles. The van der Waals surface area contributed by atoms with Gasteiger partial charge in [0.2, 0.25) is 0 Å². The molecule has 3 aromatic rings. The van der Waals surface area contributed by atoms with Crippen molar-refractivity contribution in [2.45, 2.75) is 6.18 Å². The number of Topliss-reactive ketones (excluding diaryl/α,β-unsaturated/α-hetero) is 1. The lowest BCUT2D eigenvalue weighted by Gasteiger charge is -2.18. The van der Waals surface area contributed by atoms with E-state index < -0.39 is 22.7 Å². The summed E-state index contributed by atoms with van der Waals surface area (Å²) in [6.07, 6.45) is -5.05. The molecule has 0 fully saturated rings. The van der Waals surface area contributed by atoms with E-state index in [9.17, 15) is 22.8 Å². The fourth-order valence-electron chi connectivity index (χ4n) is 2.59. The molecular formula is C18H11F3N2O4S2. The fourth-order valence-corrected chi connectivity index (χ4v) is 4.31. The quantitative estimate of drug-likeness (QED) is 0.598. The van der Waals surface area contributed by atoms with Gasteiger partial charge in [-0.05, 0) is 29.6 Å². The van der Waals surface area contributed by atoms with Gasteiger partial charge < -0.3 is 9.47 Å². The lowest BCUT2D eigenvalue weighted by atomic mass is 10.2. The third kappa shape index (κ3) is 3.96. The molecule has 0 atom stereocenters. The van der Waals surface area contributed by atoms with E-state index in [1.54, 1.807) is 23.6 Å². The average molecular weight is 440 g/mol. The first-order valence-corrected chi connectivity index (χ1v) is 9.90. The van der Waals surface area contributed by atoms with Crippen molar-refractivity contribution in [1.82, 2.24) is 4.98 Å². The maximum Gasteiger partial charge on any atom is 0.455 e. The van der Waals surface area contributed by atoms with Crippen LogP contribution in [0.15, 0.2) is 35.7 Å². The van der Waals surface area contributed by atoms with Gasteiger partial charge in [0.15, 0.2) is 16.6 Å². The number of benzene rings is 1. The number of ketones is 1. The van der Waals surface area contributed by atoms with Crippen molar-refractivity contribution in [1.29, 1.82) is 0 Å². The number of aromatic nitrogens is 1. The number of amides is 1. The molecule has 1 aliphatic rings. The van der Waals surface area contributed by atoms with Crippen LogP contribution >= 0.6 is 22.7 Å². The molecular weight excluding hydrogens is 429 g/mol. The molecule has 0 saturated heterocycles. The minimum Gasteiger partial charge on any atom is -0.486 e. The van der Waals surface area contributed by atoms with E-state index in [2.05, 4.69) is 10.3 Å². The van der Waals surface area contributed by atoms with Crippen molar-refractivity contribution in [3.63, 3.8) is 0 Å². The van der Waals surface area contributed by atoms with Gasteiger partial charge in [-0.1, -0.05) is 17.4 Å². The summed E-state index contributed by atoms with van der Waals surface area (Å²) in [5.41, 5.74) is 0.107. The summed E-state index contributed by atoms with van der Waals surface area (Å²) in [7, 11) is 0. The van der Waals surface area contributed by atoms with E-state index in [0.717, 1.165) is 11.3 Å². The molecule has 0 saturated carbocycles. The van der Waals surface area contributed by atoms with Crippen LogP contribution in [0.5, 0.6) is 11.5 Å². The molecule has 29 heavy (non-hydrogen) atoms. The molecule has 0 unspecified atom stereocenters. The minimum absolute atomic E-state index is 0.107. The van der Waals surface area contributed by atoms with Gasteiger partial charge in [-0.3, -0.25) is 14.9 Å². The van der Waals surface area contributed by atoms with Gasteiger partial charge >= 0.3 is 6.18 Å². The smallest absolute Gasteiger partial charge is 0.455 e. The Kier molecular flexibility index (Phi) is 5.01. The molecule has 2 aromatic heterocycles. The highest BCUT2D eigenvalue weighted by molar-refractivity contribution is 7.19. The first-order valence-electron chi connectivity index (χ1n) is 8.20. The van der Waals surface area contributed by atoms with Crippen LogP contribution in [0.2, 0.25) is 0 Å². The average Bonchev–Trinajstić information content (AvgIpc) is 3.36. The Morgan fingerprint density at radius 1 is 1.10 bits per heavy atom. The van der Waals surface area contributed by atoms with Gasteiger partial charge in [0.05, 0.1) is 4.88 Å². The van der Waals surface area contributed by atoms with Crippen molar-refractivity contribution in [3.8, 4) is 22.1 Å². The van der Waals surface area contributed by atoms with Crippen molar-refractivity contribution in [2.75, 3.05) is 18.5 Å². The number of rotatable bonds is 4. The number of alkyl halides is 3. The van der Waals surface area contributed by atoms with Crippen LogP contribution in [-0.2, 0) is 0 Å². The number of hydrogen-bond acceptors (Lipinski definition) is 7. The van der Waals surface area contributed by atoms with Crippen molar-refractivity contribution in [3.05, 3.63) is 46.2 Å². The van der Waals surface area contributed by atoms with Crippen molar-refractivity contribution >= 4 is 39.5 Å². The molecule has 4 rings (SSSR count). The van der Waals surface area contributed by atoms with Crippen LogP contribution in [0, 0.1) is 0 Å². The highest BCUT2D eigenvalue weighted by Gasteiger charge is 2.42. The molecule has 1 aromatic carbocycles. The van der Waals surface area contributed by atoms with Gasteiger partial charge in [0.1, 0.15) is 23.8 Å².